The predicted octanol–water partition coefficient (Wildman–Crippen LogP) is 2.29. The molecular formula is C16H22N2O. The van der Waals surface area contributed by atoms with Gasteiger partial charge in [0, 0.05) is 24.2 Å². The number of amides is 1. The molecule has 1 aromatic carbocycles. The molecule has 1 N–H and O–H groups in total. The molecule has 19 heavy (non-hydrogen) atoms. The third kappa shape index (κ3) is 2.81. The number of hydrogen-bond donors (Lipinski definition) is 1. The first-order valence-corrected chi connectivity index (χ1v) is 7.28. The largest absolute Gasteiger partial charge is 0.349 e. The first-order chi connectivity index (χ1) is 9.22. The zero-order valence-corrected chi connectivity index (χ0v) is 11.5. The smallest absolute Gasteiger partial charge is 0.251 e. The minimum Gasteiger partial charge on any atom is -0.349 e. The molecule has 0 radical (unpaired) electrons. The lowest BCUT2D eigenvalue weighted by molar-refractivity contribution is 0.0930. The molecule has 3 heteroatoms. The summed E-state index contributed by atoms with van der Waals surface area (Å²) in [5.74, 6) is 0.833. The van der Waals surface area contributed by atoms with Crippen LogP contribution in [0.15, 0.2) is 30.3 Å². The van der Waals surface area contributed by atoms with E-state index in [-0.39, 0.29) is 5.91 Å². The Morgan fingerprint density at radius 3 is 2.74 bits per heavy atom. The second-order valence-corrected chi connectivity index (χ2v) is 6.04. The lowest BCUT2D eigenvalue weighted by Gasteiger charge is -2.33. The van der Waals surface area contributed by atoms with Gasteiger partial charge in [-0.25, -0.2) is 0 Å². The van der Waals surface area contributed by atoms with Gasteiger partial charge in [-0.05, 0) is 50.8 Å². The molecule has 3 fully saturated rings. The molecule has 2 saturated heterocycles. The summed E-state index contributed by atoms with van der Waals surface area (Å²) in [5, 5.41) is 3.23. The van der Waals surface area contributed by atoms with Gasteiger partial charge in [0.25, 0.3) is 5.91 Å². The number of nitrogens with one attached hydrogen (secondary N) is 1. The van der Waals surface area contributed by atoms with E-state index in [1.165, 1.54) is 19.4 Å². The third-order valence-electron chi connectivity index (χ3n) is 4.62. The normalized spacial score (nSPS) is 30.9. The van der Waals surface area contributed by atoms with Crippen LogP contribution in [-0.2, 0) is 0 Å². The van der Waals surface area contributed by atoms with Crippen LogP contribution in [0.2, 0.25) is 0 Å². The topological polar surface area (TPSA) is 32.3 Å². The van der Waals surface area contributed by atoms with Crippen molar-refractivity contribution in [1.29, 1.82) is 0 Å². The minimum atomic E-state index is 0.0783. The summed E-state index contributed by atoms with van der Waals surface area (Å²) in [4.78, 5) is 14.7. The van der Waals surface area contributed by atoms with Crippen molar-refractivity contribution in [3.05, 3.63) is 35.9 Å². The van der Waals surface area contributed by atoms with Crippen molar-refractivity contribution in [2.75, 3.05) is 13.6 Å². The molecule has 1 saturated carbocycles. The lowest BCUT2D eigenvalue weighted by Crippen LogP contribution is -2.39. The van der Waals surface area contributed by atoms with E-state index in [9.17, 15) is 4.79 Å². The number of hydrogen-bond acceptors (Lipinski definition) is 2. The predicted molar refractivity (Wildman–Crippen MR) is 76.1 cm³/mol. The van der Waals surface area contributed by atoms with Crippen molar-refractivity contribution in [2.24, 2.45) is 5.92 Å². The molecule has 2 aliphatic heterocycles. The highest BCUT2D eigenvalue weighted by Crippen LogP contribution is 2.32. The summed E-state index contributed by atoms with van der Waals surface area (Å²) >= 11 is 0. The monoisotopic (exact) mass is 258 g/mol. The SMILES string of the molecule is CN1CC2CCC1C[C@@H](NC(=O)c1ccccc1)C2. The zero-order valence-electron chi connectivity index (χ0n) is 11.5. The van der Waals surface area contributed by atoms with E-state index in [4.69, 9.17) is 0 Å². The fourth-order valence-corrected chi connectivity index (χ4v) is 3.59. The van der Waals surface area contributed by atoms with Crippen LogP contribution < -0.4 is 5.32 Å². The molecule has 3 atom stereocenters. The van der Waals surface area contributed by atoms with Crippen LogP contribution in [0.25, 0.3) is 0 Å². The number of carbonyl (C=O) groups excluding carboxylic acids is 1. The molecule has 0 spiro atoms. The van der Waals surface area contributed by atoms with Gasteiger partial charge in [0.2, 0.25) is 0 Å². The summed E-state index contributed by atoms with van der Waals surface area (Å²) in [6.07, 6.45) is 4.86. The number of piperidine rings is 1. The Hall–Kier alpha value is -1.35. The number of fused-ring (bicyclic) bond motifs is 4. The van der Waals surface area contributed by atoms with Gasteiger partial charge in [0.05, 0.1) is 0 Å². The molecule has 4 rings (SSSR count). The second-order valence-electron chi connectivity index (χ2n) is 6.04. The quantitative estimate of drug-likeness (QED) is 0.882. The van der Waals surface area contributed by atoms with Crippen molar-refractivity contribution < 1.29 is 4.79 Å². The Kier molecular flexibility index (Phi) is 3.56. The van der Waals surface area contributed by atoms with E-state index in [0.29, 0.717) is 12.1 Å². The van der Waals surface area contributed by atoms with E-state index in [1.54, 1.807) is 0 Å². The Labute approximate surface area is 115 Å². The maximum atomic E-state index is 12.2. The molecule has 2 bridgehead atoms. The first-order valence-electron chi connectivity index (χ1n) is 7.28. The summed E-state index contributed by atoms with van der Waals surface area (Å²) in [5.41, 5.74) is 0.771. The van der Waals surface area contributed by atoms with Crippen LogP contribution in [0.1, 0.15) is 36.0 Å². The third-order valence-corrected chi connectivity index (χ3v) is 4.62. The van der Waals surface area contributed by atoms with Crippen LogP contribution in [0.4, 0.5) is 0 Å². The van der Waals surface area contributed by atoms with Gasteiger partial charge in [-0.15, -0.1) is 0 Å². The Balaban J connectivity index is 1.66. The van der Waals surface area contributed by atoms with Gasteiger partial charge in [-0.3, -0.25) is 4.79 Å². The second kappa shape index (κ2) is 5.33. The van der Waals surface area contributed by atoms with E-state index >= 15 is 0 Å². The average Bonchev–Trinajstić information content (AvgIpc) is 2.70. The van der Waals surface area contributed by atoms with Crippen molar-refractivity contribution in [3.8, 4) is 0 Å². The van der Waals surface area contributed by atoms with Gasteiger partial charge < -0.3 is 10.2 Å². The average molecular weight is 258 g/mol. The molecule has 2 heterocycles. The van der Waals surface area contributed by atoms with Crippen LogP contribution in [0.3, 0.4) is 0 Å². The fourth-order valence-electron chi connectivity index (χ4n) is 3.59. The standard InChI is InChI=1S/C16H22N2O/c1-18-11-12-7-8-15(18)10-14(9-12)17-16(19)13-5-3-2-4-6-13/h2-6,12,14-15H,7-11H2,1H3,(H,17,19)/t12?,14-,15?/m0/s1. The number of nitrogens with zero attached hydrogens (tertiary/aromatic N) is 1. The van der Waals surface area contributed by atoms with Crippen molar-refractivity contribution in [2.45, 2.75) is 37.8 Å². The Morgan fingerprint density at radius 2 is 2.00 bits per heavy atom. The van der Waals surface area contributed by atoms with E-state index in [2.05, 4.69) is 17.3 Å². The van der Waals surface area contributed by atoms with E-state index < -0.39 is 0 Å². The maximum absolute atomic E-state index is 12.2. The fraction of sp³-hybridized carbons (Fsp3) is 0.562. The van der Waals surface area contributed by atoms with Crippen LogP contribution >= 0.6 is 0 Å². The lowest BCUT2D eigenvalue weighted by atomic mass is 9.95. The van der Waals surface area contributed by atoms with Gasteiger partial charge in [0.1, 0.15) is 0 Å². The molecule has 1 aliphatic carbocycles. The highest BCUT2D eigenvalue weighted by atomic mass is 16.1. The minimum absolute atomic E-state index is 0.0783. The number of carbonyl (C=O) groups is 1. The Morgan fingerprint density at radius 1 is 1.21 bits per heavy atom. The summed E-state index contributed by atoms with van der Waals surface area (Å²) in [6.45, 7) is 1.20. The molecule has 3 nitrogen and oxygen atoms in total. The molecule has 1 aromatic rings. The van der Waals surface area contributed by atoms with Crippen molar-refractivity contribution in [3.63, 3.8) is 0 Å². The van der Waals surface area contributed by atoms with Crippen LogP contribution in [0.5, 0.6) is 0 Å². The highest BCUT2D eigenvalue weighted by molar-refractivity contribution is 5.94. The van der Waals surface area contributed by atoms with Crippen LogP contribution in [0, 0.1) is 5.92 Å². The molecule has 3 aliphatic rings. The maximum Gasteiger partial charge on any atom is 0.251 e. The van der Waals surface area contributed by atoms with E-state index in [1.807, 2.05) is 30.3 Å². The highest BCUT2D eigenvalue weighted by Gasteiger charge is 2.34. The van der Waals surface area contributed by atoms with Gasteiger partial charge in [-0.1, -0.05) is 18.2 Å². The van der Waals surface area contributed by atoms with Gasteiger partial charge in [0.15, 0.2) is 0 Å². The molecular weight excluding hydrogens is 236 g/mol. The summed E-state index contributed by atoms with van der Waals surface area (Å²) < 4.78 is 0. The van der Waals surface area contributed by atoms with Crippen molar-refractivity contribution >= 4 is 5.91 Å². The zero-order chi connectivity index (χ0) is 13.2. The summed E-state index contributed by atoms with van der Waals surface area (Å²) in [7, 11) is 2.22. The first kappa shape index (κ1) is 12.7. The molecule has 2 unspecified atom stereocenters. The van der Waals surface area contributed by atoms with Crippen molar-refractivity contribution in [1.82, 2.24) is 10.2 Å². The molecule has 0 aromatic heterocycles. The Bertz CT molecular complexity index is 445. The van der Waals surface area contributed by atoms with Gasteiger partial charge in [-0.2, -0.15) is 0 Å². The number of benzene rings is 1. The van der Waals surface area contributed by atoms with Gasteiger partial charge >= 0.3 is 0 Å². The summed E-state index contributed by atoms with van der Waals surface area (Å²) in [6, 6.07) is 10.5. The molecule has 1 amide bonds. The number of rotatable bonds is 2. The molecule has 102 valence electrons. The van der Waals surface area contributed by atoms with Crippen LogP contribution in [-0.4, -0.2) is 36.5 Å². The van der Waals surface area contributed by atoms with E-state index in [0.717, 1.165) is 24.3 Å².